The van der Waals surface area contributed by atoms with Crippen LogP contribution >= 0.6 is 0 Å². The third kappa shape index (κ3) is 1.05. The Morgan fingerprint density at radius 2 is 2.17 bits per heavy atom. The maximum absolute atomic E-state index is 9.09. The van der Waals surface area contributed by atoms with Crippen molar-refractivity contribution < 1.29 is 5.11 Å². The molecule has 12 heavy (non-hydrogen) atoms. The molecule has 1 N–H and O–H groups in total. The van der Waals surface area contributed by atoms with Gasteiger partial charge >= 0.3 is 0 Å². The number of rotatable bonds is 1. The molecular formula is C9H14N2O. The van der Waals surface area contributed by atoms with Gasteiger partial charge in [-0.05, 0) is 32.6 Å². The number of imidazole rings is 1. The van der Waals surface area contributed by atoms with Crippen LogP contribution in [0, 0.1) is 6.92 Å². The van der Waals surface area contributed by atoms with Gasteiger partial charge in [-0.2, -0.15) is 0 Å². The zero-order valence-electron chi connectivity index (χ0n) is 7.38. The lowest BCUT2D eigenvalue weighted by atomic mass is 10.0. The van der Waals surface area contributed by atoms with Crippen molar-refractivity contribution in [2.45, 2.75) is 39.3 Å². The SMILES string of the molecule is Cc1nc2c(n1CO)CCCC2. The predicted octanol–water partition coefficient (Wildman–Crippen LogP) is 1.02. The van der Waals surface area contributed by atoms with E-state index in [1.165, 1.54) is 24.2 Å². The van der Waals surface area contributed by atoms with Crippen LogP contribution in [0.4, 0.5) is 0 Å². The molecule has 0 bridgehead atoms. The van der Waals surface area contributed by atoms with Crippen molar-refractivity contribution in [3.05, 3.63) is 17.2 Å². The molecule has 0 saturated carbocycles. The standard InChI is InChI=1S/C9H14N2O/c1-7-10-8-4-2-3-5-9(8)11(7)6-12/h12H,2-6H2,1H3. The molecule has 0 spiro atoms. The number of aliphatic hydroxyl groups is 1. The van der Waals surface area contributed by atoms with E-state index in [0.29, 0.717) is 0 Å². The molecule has 1 aromatic rings. The van der Waals surface area contributed by atoms with Crippen LogP contribution in [-0.4, -0.2) is 14.7 Å². The van der Waals surface area contributed by atoms with Crippen LogP contribution < -0.4 is 0 Å². The number of aromatic nitrogens is 2. The van der Waals surface area contributed by atoms with Crippen LogP contribution in [0.25, 0.3) is 0 Å². The summed E-state index contributed by atoms with van der Waals surface area (Å²) in [5, 5.41) is 9.09. The first kappa shape index (κ1) is 7.80. The van der Waals surface area contributed by atoms with Gasteiger partial charge in [-0.25, -0.2) is 4.98 Å². The summed E-state index contributed by atoms with van der Waals surface area (Å²) in [6.07, 6.45) is 4.65. The normalized spacial score (nSPS) is 16.2. The second-order valence-electron chi connectivity index (χ2n) is 3.33. The summed E-state index contributed by atoms with van der Waals surface area (Å²) in [6.45, 7) is 2.03. The van der Waals surface area contributed by atoms with E-state index in [9.17, 15) is 0 Å². The van der Waals surface area contributed by atoms with Gasteiger partial charge in [-0.1, -0.05) is 0 Å². The Hall–Kier alpha value is -0.830. The summed E-state index contributed by atoms with van der Waals surface area (Å²) in [5.41, 5.74) is 2.45. The Balaban J connectivity index is 2.46. The highest BCUT2D eigenvalue weighted by Gasteiger charge is 2.16. The van der Waals surface area contributed by atoms with Gasteiger partial charge in [0, 0.05) is 5.69 Å². The Morgan fingerprint density at radius 3 is 2.92 bits per heavy atom. The zero-order chi connectivity index (χ0) is 8.55. The molecule has 0 atom stereocenters. The van der Waals surface area contributed by atoms with Crippen LogP contribution in [0.5, 0.6) is 0 Å². The summed E-state index contributed by atoms with van der Waals surface area (Å²) >= 11 is 0. The topological polar surface area (TPSA) is 38.0 Å². The van der Waals surface area contributed by atoms with Crippen molar-refractivity contribution >= 4 is 0 Å². The molecule has 2 rings (SSSR count). The van der Waals surface area contributed by atoms with Crippen molar-refractivity contribution in [3.8, 4) is 0 Å². The second-order valence-corrected chi connectivity index (χ2v) is 3.33. The molecule has 1 heterocycles. The van der Waals surface area contributed by atoms with Crippen LogP contribution in [0.2, 0.25) is 0 Å². The van der Waals surface area contributed by atoms with Gasteiger partial charge in [0.05, 0.1) is 5.69 Å². The molecule has 0 aromatic carbocycles. The Labute approximate surface area is 72.0 Å². The fourth-order valence-corrected chi connectivity index (χ4v) is 1.92. The average Bonchev–Trinajstić information content (AvgIpc) is 2.40. The van der Waals surface area contributed by atoms with Gasteiger partial charge in [0.2, 0.25) is 0 Å². The fourth-order valence-electron chi connectivity index (χ4n) is 1.92. The Morgan fingerprint density at radius 1 is 1.42 bits per heavy atom. The maximum atomic E-state index is 9.09. The third-order valence-electron chi connectivity index (χ3n) is 2.56. The van der Waals surface area contributed by atoms with E-state index in [-0.39, 0.29) is 6.73 Å². The van der Waals surface area contributed by atoms with Crippen molar-refractivity contribution in [1.82, 2.24) is 9.55 Å². The molecule has 1 aliphatic carbocycles. The lowest BCUT2D eigenvalue weighted by Gasteiger charge is -2.12. The van der Waals surface area contributed by atoms with Crippen molar-refractivity contribution in [2.75, 3.05) is 0 Å². The summed E-state index contributed by atoms with van der Waals surface area (Å²) < 4.78 is 1.91. The molecule has 0 fully saturated rings. The lowest BCUT2D eigenvalue weighted by molar-refractivity contribution is 0.203. The molecule has 3 heteroatoms. The minimum Gasteiger partial charge on any atom is -0.376 e. The van der Waals surface area contributed by atoms with E-state index < -0.39 is 0 Å². The van der Waals surface area contributed by atoms with Gasteiger partial charge < -0.3 is 9.67 Å². The fraction of sp³-hybridized carbons (Fsp3) is 0.667. The number of nitrogens with zero attached hydrogens (tertiary/aromatic N) is 2. The first-order valence-corrected chi connectivity index (χ1v) is 4.48. The summed E-state index contributed by atoms with van der Waals surface area (Å²) in [6, 6.07) is 0. The minimum atomic E-state index is 0.0775. The third-order valence-corrected chi connectivity index (χ3v) is 2.56. The number of fused-ring (bicyclic) bond motifs is 1. The minimum absolute atomic E-state index is 0.0775. The second kappa shape index (κ2) is 2.90. The maximum Gasteiger partial charge on any atom is 0.121 e. The predicted molar refractivity (Wildman–Crippen MR) is 45.8 cm³/mol. The van der Waals surface area contributed by atoms with E-state index in [0.717, 1.165) is 18.7 Å². The quantitative estimate of drug-likeness (QED) is 0.676. The average molecular weight is 166 g/mol. The first-order chi connectivity index (χ1) is 5.83. The van der Waals surface area contributed by atoms with E-state index in [4.69, 9.17) is 5.11 Å². The smallest absolute Gasteiger partial charge is 0.121 e. The van der Waals surface area contributed by atoms with Gasteiger partial charge in [0.15, 0.2) is 0 Å². The molecule has 1 aromatic heterocycles. The molecular weight excluding hydrogens is 152 g/mol. The lowest BCUT2D eigenvalue weighted by Crippen LogP contribution is -2.09. The van der Waals surface area contributed by atoms with Crippen molar-refractivity contribution in [3.63, 3.8) is 0 Å². The molecule has 0 amide bonds. The van der Waals surface area contributed by atoms with Gasteiger partial charge in [0.25, 0.3) is 0 Å². The van der Waals surface area contributed by atoms with Gasteiger partial charge in [0.1, 0.15) is 12.6 Å². The van der Waals surface area contributed by atoms with E-state index in [1.807, 2.05) is 11.5 Å². The molecule has 66 valence electrons. The first-order valence-electron chi connectivity index (χ1n) is 4.48. The number of hydrogen-bond acceptors (Lipinski definition) is 2. The van der Waals surface area contributed by atoms with E-state index >= 15 is 0 Å². The molecule has 0 radical (unpaired) electrons. The number of aliphatic hydroxyl groups excluding tert-OH is 1. The summed E-state index contributed by atoms with van der Waals surface area (Å²) in [7, 11) is 0. The Kier molecular flexibility index (Phi) is 1.89. The molecule has 1 aliphatic rings. The summed E-state index contributed by atoms with van der Waals surface area (Å²) in [5.74, 6) is 0.949. The zero-order valence-corrected chi connectivity index (χ0v) is 7.38. The molecule has 3 nitrogen and oxygen atoms in total. The van der Waals surface area contributed by atoms with E-state index in [1.54, 1.807) is 0 Å². The molecule has 0 unspecified atom stereocenters. The number of aryl methyl sites for hydroxylation is 2. The highest BCUT2D eigenvalue weighted by atomic mass is 16.3. The Bertz CT molecular complexity index is 291. The monoisotopic (exact) mass is 166 g/mol. The highest BCUT2D eigenvalue weighted by molar-refractivity contribution is 5.19. The van der Waals surface area contributed by atoms with Crippen LogP contribution in [0.15, 0.2) is 0 Å². The van der Waals surface area contributed by atoms with Crippen molar-refractivity contribution in [1.29, 1.82) is 0 Å². The molecule has 0 saturated heterocycles. The van der Waals surface area contributed by atoms with Crippen LogP contribution in [-0.2, 0) is 19.6 Å². The van der Waals surface area contributed by atoms with E-state index in [2.05, 4.69) is 4.98 Å². The van der Waals surface area contributed by atoms with Crippen LogP contribution in [0.3, 0.4) is 0 Å². The number of hydrogen-bond donors (Lipinski definition) is 1. The highest BCUT2D eigenvalue weighted by Crippen LogP contribution is 2.21. The molecule has 0 aliphatic heterocycles. The summed E-state index contributed by atoms with van der Waals surface area (Å²) in [4.78, 5) is 4.42. The van der Waals surface area contributed by atoms with Gasteiger partial charge in [-0.15, -0.1) is 0 Å². The van der Waals surface area contributed by atoms with Gasteiger partial charge in [-0.3, -0.25) is 0 Å². The largest absolute Gasteiger partial charge is 0.376 e. The van der Waals surface area contributed by atoms with Crippen molar-refractivity contribution in [2.24, 2.45) is 0 Å². The van der Waals surface area contributed by atoms with Crippen LogP contribution in [0.1, 0.15) is 30.1 Å².